The minimum atomic E-state index is -3.30. The maximum Gasteiger partial charge on any atom is 0.292 e. The highest BCUT2D eigenvalue weighted by molar-refractivity contribution is 7.86. The summed E-state index contributed by atoms with van der Waals surface area (Å²) in [5, 5.41) is 0. The van der Waals surface area contributed by atoms with Crippen LogP contribution in [0.4, 0.5) is 0 Å². The van der Waals surface area contributed by atoms with Gasteiger partial charge in [0.05, 0.1) is 26.2 Å². The van der Waals surface area contributed by atoms with E-state index < -0.39 is 14.6 Å². The van der Waals surface area contributed by atoms with Gasteiger partial charge < -0.3 is 0 Å². The van der Waals surface area contributed by atoms with Gasteiger partial charge in [-0.15, -0.1) is 0 Å². The van der Waals surface area contributed by atoms with Crippen LogP contribution in [0.1, 0.15) is 107 Å². The van der Waals surface area contributed by atoms with Crippen LogP contribution < -0.4 is 30.9 Å². The molecule has 0 spiro atoms. The Hall–Kier alpha value is -1.20. The number of aryl methyl sites for hydroxylation is 4. The lowest BCUT2D eigenvalue weighted by Gasteiger charge is -2.35. The predicted molar refractivity (Wildman–Crippen MR) is 168 cm³/mol. The first-order valence-electron chi connectivity index (χ1n) is 16.3. The van der Waals surface area contributed by atoms with Crippen molar-refractivity contribution in [1.29, 1.82) is 0 Å². The lowest BCUT2D eigenvalue weighted by atomic mass is 10.3. The zero-order valence-electron chi connectivity index (χ0n) is 26.9. The second kappa shape index (κ2) is 14.8. The van der Waals surface area contributed by atoms with Crippen molar-refractivity contribution in [3.05, 3.63) is 12.7 Å². The summed E-state index contributed by atoms with van der Waals surface area (Å²) in [7, 11) is -6.61. The third kappa shape index (κ3) is 5.72. The van der Waals surface area contributed by atoms with E-state index >= 15 is 9.13 Å². The number of hydrogen-bond donors (Lipinski definition) is 0. The van der Waals surface area contributed by atoms with E-state index in [9.17, 15) is 0 Å². The van der Waals surface area contributed by atoms with Crippen LogP contribution in [0.5, 0.6) is 0 Å². The van der Waals surface area contributed by atoms with Gasteiger partial charge >= 0.3 is 0 Å². The van der Waals surface area contributed by atoms with Gasteiger partial charge in [-0.1, -0.05) is 81.1 Å². The maximum absolute atomic E-state index is 16.2. The molecule has 0 amide bonds. The molecule has 3 heterocycles. The van der Waals surface area contributed by atoms with Crippen LogP contribution in [0.2, 0.25) is 0 Å². The van der Waals surface area contributed by atoms with E-state index in [1.165, 1.54) is 0 Å². The van der Waals surface area contributed by atoms with Gasteiger partial charge in [0.2, 0.25) is 34.4 Å². The normalized spacial score (nSPS) is 20.4. The Balaban J connectivity index is 2.59. The summed E-state index contributed by atoms with van der Waals surface area (Å²) in [6, 6.07) is 0. The highest BCUT2D eigenvalue weighted by atomic mass is 31.2. The molecule has 10 heteroatoms. The summed E-state index contributed by atoms with van der Waals surface area (Å²) in [5.74, 6) is 0. The number of nitrogens with zero attached hydrogens (tertiary/aromatic N) is 6. The SMILES string of the molecule is CCCCn1c[n+](CCCC)c2c1P(=O)(N(CC)CC)c1c([n+](CCCC)cn1CCCC)P2(=O)N(CC)CC. The second-order valence-electron chi connectivity index (χ2n) is 11.1. The van der Waals surface area contributed by atoms with Gasteiger partial charge in [-0.3, -0.25) is 9.13 Å². The Kier molecular flexibility index (Phi) is 12.3. The third-order valence-electron chi connectivity index (χ3n) is 8.46. The van der Waals surface area contributed by atoms with Crippen LogP contribution in [-0.4, -0.2) is 44.7 Å². The van der Waals surface area contributed by atoms with E-state index in [1.807, 2.05) is 0 Å². The molecule has 1 aliphatic heterocycles. The Bertz CT molecular complexity index is 1030. The van der Waals surface area contributed by atoms with Gasteiger partial charge in [-0.25, -0.2) is 27.6 Å². The summed E-state index contributed by atoms with van der Waals surface area (Å²) < 4.78 is 45.8. The molecule has 0 saturated carbocycles. The van der Waals surface area contributed by atoms with Crippen LogP contribution in [0.3, 0.4) is 0 Å². The van der Waals surface area contributed by atoms with Gasteiger partial charge in [-0.05, 0) is 25.7 Å². The number of hydrogen-bond acceptors (Lipinski definition) is 2. The molecule has 0 aliphatic carbocycles. The fourth-order valence-corrected chi connectivity index (χ4v) is 14.5. The van der Waals surface area contributed by atoms with Crippen molar-refractivity contribution >= 4 is 36.3 Å². The van der Waals surface area contributed by atoms with Gasteiger partial charge in [0, 0.05) is 26.2 Å². The maximum atomic E-state index is 16.2. The minimum absolute atomic E-state index is 0.685. The first kappa shape index (κ1) is 33.3. The smallest absolute Gasteiger partial charge is 0.288 e. The molecule has 0 aromatic carbocycles. The van der Waals surface area contributed by atoms with Crippen molar-refractivity contribution in [2.75, 3.05) is 26.2 Å². The van der Waals surface area contributed by atoms with Crippen molar-refractivity contribution in [3.8, 4) is 0 Å². The van der Waals surface area contributed by atoms with Crippen LogP contribution in [0, 0.1) is 0 Å². The van der Waals surface area contributed by atoms with Crippen molar-refractivity contribution in [2.45, 2.75) is 133 Å². The number of unbranched alkanes of at least 4 members (excludes halogenated alkanes) is 4. The molecule has 2 aromatic heterocycles. The highest BCUT2D eigenvalue weighted by Crippen LogP contribution is 2.57. The molecule has 0 atom stereocenters. The van der Waals surface area contributed by atoms with E-state index in [0.29, 0.717) is 26.2 Å². The fraction of sp³-hybridized carbons (Fsp3) is 0.800. The number of imidazole rings is 2. The van der Waals surface area contributed by atoms with E-state index in [0.717, 1.165) is 99.3 Å². The lowest BCUT2D eigenvalue weighted by molar-refractivity contribution is -0.684. The standard InChI is InChI=1S/C30H58N6O2P2/c1-9-17-21-31-25-32(22-18-10-2)28-27(31)39(37,35(13-5)14-6)29-30(40(28,38)36(15-7)16-8)34(24-20-12-4)26-33(29)23-19-11-3/h25-26H,9-24H2,1-8H3/q+2. The first-order valence-corrected chi connectivity index (χ1v) is 19.6. The summed E-state index contributed by atoms with van der Waals surface area (Å²) in [6.45, 7) is 23.2. The average molecular weight is 597 g/mol. The zero-order chi connectivity index (χ0) is 29.5. The molecule has 0 fully saturated rings. The molecule has 0 N–H and O–H groups in total. The van der Waals surface area contributed by atoms with E-state index in [2.05, 4.69) is 95.7 Å². The molecule has 0 bridgehead atoms. The molecule has 1 aliphatic rings. The zero-order valence-corrected chi connectivity index (χ0v) is 28.7. The molecular formula is C30H58N6O2P2+2. The summed E-state index contributed by atoms with van der Waals surface area (Å²) in [5.41, 5.74) is 3.34. The lowest BCUT2D eigenvalue weighted by Crippen LogP contribution is -2.66. The fourth-order valence-electron chi connectivity index (χ4n) is 6.26. The van der Waals surface area contributed by atoms with Crippen molar-refractivity contribution < 1.29 is 18.3 Å². The molecule has 3 rings (SSSR count). The summed E-state index contributed by atoms with van der Waals surface area (Å²) >= 11 is 0. The molecule has 0 unspecified atom stereocenters. The quantitative estimate of drug-likeness (QED) is 0.188. The monoisotopic (exact) mass is 596 g/mol. The Morgan fingerprint density at radius 1 is 0.575 bits per heavy atom. The number of aromatic nitrogens is 4. The summed E-state index contributed by atoms with van der Waals surface area (Å²) in [4.78, 5) is 0. The van der Waals surface area contributed by atoms with Gasteiger partial charge in [0.25, 0.3) is 14.6 Å². The van der Waals surface area contributed by atoms with E-state index in [-0.39, 0.29) is 0 Å². The molecule has 0 saturated heterocycles. The van der Waals surface area contributed by atoms with Crippen LogP contribution >= 0.6 is 14.6 Å². The Labute approximate surface area is 244 Å². The van der Waals surface area contributed by atoms with Gasteiger partial charge in [-0.2, -0.15) is 0 Å². The van der Waals surface area contributed by atoms with Crippen LogP contribution in [-0.2, 0) is 35.3 Å². The third-order valence-corrected chi connectivity index (χ3v) is 15.7. The average Bonchev–Trinajstić information content (AvgIpc) is 3.53. The highest BCUT2D eigenvalue weighted by Gasteiger charge is 2.64. The van der Waals surface area contributed by atoms with Crippen molar-refractivity contribution in [2.24, 2.45) is 0 Å². The Morgan fingerprint density at radius 2 is 0.925 bits per heavy atom. The predicted octanol–water partition coefficient (Wildman–Crippen LogP) is 4.52. The van der Waals surface area contributed by atoms with E-state index in [1.54, 1.807) is 0 Å². The Morgan fingerprint density at radius 3 is 1.25 bits per heavy atom. The van der Waals surface area contributed by atoms with E-state index in [4.69, 9.17) is 0 Å². The van der Waals surface area contributed by atoms with Crippen molar-refractivity contribution in [3.63, 3.8) is 0 Å². The number of rotatable bonds is 18. The van der Waals surface area contributed by atoms with Gasteiger partial charge in [0.15, 0.2) is 0 Å². The number of fused-ring (bicyclic) bond motifs is 2. The topological polar surface area (TPSA) is 58.2 Å². The molecular weight excluding hydrogens is 538 g/mol. The molecule has 8 nitrogen and oxygen atoms in total. The van der Waals surface area contributed by atoms with Crippen molar-refractivity contribution in [1.82, 2.24) is 18.5 Å². The second-order valence-corrected chi connectivity index (χ2v) is 16.3. The molecule has 2 aromatic rings. The molecule has 0 radical (unpaired) electrons. The molecule has 228 valence electrons. The minimum Gasteiger partial charge on any atom is -0.288 e. The van der Waals surface area contributed by atoms with Crippen LogP contribution in [0.15, 0.2) is 12.7 Å². The van der Waals surface area contributed by atoms with Crippen LogP contribution in [0.25, 0.3) is 0 Å². The largest absolute Gasteiger partial charge is 0.292 e. The molecule has 40 heavy (non-hydrogen) atoms. The summed E-state index contributed by atoms with van der Waals surface area (Å²) in [6.07, 6.45) is 12.6. The first-order chi connectivity index (χ1) is 19.3. The van der Waals surface area contributed by atoms with Gasteiger partial charge in [0.1, 0.15) is 0 Å².